The van der Waals surface area contributed by atoms with Crippen molar-refractivity contribution in [3.05, 3.63) is 59.7 Å². The zero-order chi connectivity index (χ0) is 14.9. The summed E-state index contributed by atoms with van der Waals surface area (Å²) < 4.78 is 18.9. The molecule has 0 aliphatic carbocycles. The molecule has 1 aromatic carbocycles. The number of hydrogen-bond acceptors (Lipinski definition) is 3. The molecule has 0 saturated heterocycles. The quantitative estimate of drug-likeness (QED) is 0.859. The van der Waals surface area contributed by atoms with E-state index < -0.39 is 0 Å². The van der Waals surface area contributed by atoms with Gasteiger partial charge in [-0.1, -0.05) is 11.8 Å². The van der Waals surface area contributed by atoms with Crippen molar-refractivity contribution in [1.82, 2.24) is 4.98 Å². The smallest absolute Gasteiger partial charge is 0.137 e. The zero-order valence-corrected chi connectivity index (χ0v) is 11.6. The van der Waals surface area contributed by atoms with E-state index >= 15 is 0 Å². The molecule has 0 unspecified atom stereocenters. The summed E-state index contributed by atoms with van der Waals surface area (Å²) in [6, 6.07) is 8.09. The van der Waals surface area contributed by atoms with E-state index in [0.717, 1.165) is 5.56 Å². The first kappa shape index (κ1) is 15.0. The Balaban J connectivity index is 2.01. The molecule has 108 valence electrons. The van der Waals surface area contributed by atoms with Crippen LogP contribution in [-0.2, 0) is 6.42 Å². The van der Waals surface area contributed by atoms with Gasteiger partial charge >= 0.3 is 0 Å². The van der Waals surface area contributed by atoms with Crippen LogP contribution in [0.3, 0.4) is 0 Å². The molecule has 0 amide bonds. The summed E-state index contributed by atoms with van der Waals surface area (Å²) in [6.45, 7) is 0.439. The maximum Gasteiger partial charge on any atom is 0.137 e. The fraction of sp³-hybridized carbons (Fsp3) is 0.235. The number of rotatable bonds is 5. The average molecular weight is 285 g/mol. The Bertz CT molecular complexity index is 632. The van der Waals surface area contributed by atoms with E-state index in [9.17, 15) is 4.39 Å². The normalized spacial score (nSPS) is 9.81. The molecule has 21 heavy (non-hydrogen) atoms. The first-order valence-corrected chi connectivity index (χ1v) is 6.70. The lowest BCUT2D eigenvalue weighted by Gasteiger charge is -2.08. The summed E-state index contributed by atoms with van der Waals surface area (Å²) >= 11 is 0. The molecule has 2 rings (SSSR count). The van der Waals surface area contributed by atoms with Gasteiger partial charge < -0.3 is 9.84 Å². The second-order valence-corrected chi connectivity index (χ2v) is 4.37. The molecule has 0 saturated carbocycles. The highest BCUT2D eigenvalue weighted by Crippen LogP contribution is 2.19. The maximum atomic E-state index is 13.3. The van der Waals surface area contributed by atoms with Gasteiger partial charge in [0.1, 0.15) is 11.6 Å². The number of aromatic nitrogens is 1. The third-order valence-electron chi connectivity index (χ3n) is 2.80. The van der Waals surface area contributed by atoms with Gasteiger partial charge in [0.15, 0.2) is 0 Å². The molecule has 2 aromatic rings. The van der Waals surface area contributed by atoms with Crippen molar-refractivity contribution in [1.29, 1.82) is 0 Å². The largest absolute Gasteiger partial charge is 0.492 e. The van der Waals surface area contributed by atoms with Crippen LogP contribution in [0.1, 0.15) is 17.5 Å². The monoisotopic (exact) mass is 285 g/mol. The Morgan fingerprint density at radius 1 is 1.19 bits per heavy atom. The van der Waals surface area contributed by atoms with Gasteiger partial charge in [0.25, 0.3) is 0 Å². The Labute approximate surface area is 123 Å². The molecule has 0 spiro atoms. The average Bonchev–Trinajstić information content (AvgIpc) is 2.51. The molecule has 0 aliphatic rings. The van der Waals surface area contributed by atoms with Gasteiger partial charge in [-0.2, -0.15) is 0 Å². The second kappa shape index (κ2) is 8.03. The highest BCUT2D eigenvalue weighted by atomic mass is 19.1. The standard InChI is InChI=1S/C17H16FNO2/c18-16-5-4-15(3-1-2-11-20)17(13-16)21-12-8-14-6-9-19-10-7-14/h4-7,9-10,13,20H,2,8,11-12H2. The van der Waals surface area contributed by atoms with E-state index in [2.05, 4.69) is 16.8 Å². The minimum absolute atomic E-state index is 0.00638. The summed E-state index contributed by atoms with van der Waals surface area (Å²) in [6.07, 6.45) is 4.54. The van der Waals surface area contributed by atoms with Crippen molar-refractivity contribution < 1.29 is 14.2 Å². The fourth-order valence-corrected chi connectivity index (χ4v) is 1.76. The minimum atomic E-state index is -0.360. The summed E-state index contributed by atoms with van der Waals surface area (Å²) in [7, 11) is 0. The summed E-state index contributed by atoms with van der Waals surface area (Å²) in [5, 5.41) is 8.73. The molecule has 1 heterocycles. The Kier molecular flexibility index (Phi) is 5.74. The van der Waals surface area contributed by atoms with Gasteiger partial charge in [-0.25, -0.2) is 4.39 Å². The number of pyridine rings is 1. The van der Waals surface area contributed by atoms with Crippen LogP contribution in [0.5, 0.6) is 5.75 Å². The molecule has 0 atom stereocenters. The van der Waals surface area contributed by atoms with Gasteiger partial charge in [0, 0.05) is 31.3 Å². The Morgan fingerprint density at radius 3 is 2.76 bits per heavy atom. The van der Waals surface area contributed by atoms with Gasteiger partial charge in [-0.3, -0.25) is 4.98 Å². The third kappa shape index (κ3) is 4.90. The van der Waals surface area contributed by atoms with Crippen LogP contribution in [0, 0.1) is 17.7 Å². The lowest BCUT2D eigenvalue weighted by molar-refractivity contribution is 0.305. The summed E-state index contributed by atoms with van der Waals surface area (Å²) in [4.78, 5) is 3.95. The van der Waals surface area contributed by atoms with E-state index in [-0.39, 0.29) is 12.4 Å². The molecule has 0 bridgehead atoms. The molecular weight excluding hydrogens is 269 g/mol. The number of hydrogen-bond donors (Lipinski definition) is 1. The fourth-order valence-electron chi connectivity index (χ4n) is 1.76. The number of benzene rings is 1. The Hall–Kier alpha value is -2.38. The van der Waals surface area contributed by atoms with E-state index in [1.807, 2.05) is 12.1 Å². The Morgan fingerprint density at radius 2 is 2.00 bits per heavy atom. The van der Waals surface area contributed by atoms with Gasteiger partial charge in [0.05, 0.1) is 18.8 Å². The van der Waals surface area contributed by atoms with E-state index in [4.69, 9.17) is 9.84 Å². The van der Waals surface area contributed by atoms with Crippen molar-refractivity contribution >= 4 is 0 Å². The highest BCUT2D eigenvalue weighted by Gasteiger charge is 2.04. The predicted octanol–water partition coefficient (Wildman–Crippen LogP) is 2.58. The highest BCUT2D eigenvalue weighted by molar-refractivity contribution is 5.46. The van der Waals surface area contributed by atoms with Crippen LogP contribution >= 0.6 is 0 Å². The maximum absolute atomic E-state index is 13.3. The molecule has 4 heteroatoms. The first-order chi connectivity index (χ1) is 10.3. The van der Waals surface area contributed by atoms with Gasteiger partial charge in [-0.15, -0.1) is 0 Å². The summed E-state index contributed by atoms with van der Waals surface area (Å²) in [5.41, 5.74) is 1.73. The number of aliphatic hydroxyl groups is 1. The first-order valence-electron chi connectivity index (χ1n) is 6.70. The van der Waals surface area contributed by atoms with Crippen molar-refractivity contribution in [3.63, 3.8) is 0 Å². The van der Waals surface area contributed by atoms with E-state index in [1.54, 1.807) is 18.5 Å². The molecule has 3 nitrogen and oxygen atoms in total. The molecule has 1 aromatic heterocycles. The van der Waals surface area contributed by atoms with Crippen molar-refractivity contribution in [3.8, 4) is 17.6 Å². The van der Waals surface area contributed by atoms with Crippen LogP contribution in [0.2, 0.25) is 0 Å². The number of nitrogens with zero attached hydrogens (tertiary/aromatic N) is 1. The molecule has 0 fully saturated rings. The summed E-state index contributed by atoms with van der Waals surface area (Å²) in [5.74, 6) is 5.75. The molecular formula is C17H16FNO2. The van der Waals surface area contributed by atoms with Crippen LogP contribution in [0.4, 0.5) is 4.39 Å². The van der Waals surface area contributed by atoms with Crippen LogP contribution in [0.15, 0.2) is 42.7 Å². The van der Waals surface area contributed by atoms with Crippen LogP contribution < -0.4 is 4.74 Å². The van der Waals surface area contributed by atoms with Crippen LogP contribution in [0.25, 0.3) is 0 Å². The van der Waals surface area contributed by atoms with Gasteiger partial charge in [0.2, 0.25) is 0 Å². The minimum Gasteiger partial charge on any atom is -0.492 e. The zero-order valence-electron chi connectivity index (χ0n) is 11.6. The van der Waals surface area contributed by atoms with E-state index in [0.29, 0.717) is 30.8 Å². The molecule has 0 radical (unpaired) electrons. The van der Waals surface area contributed by atoms with Crippen LogP contribution in [-0.4, -0.2) is 23.3 Å². The number of ether oxygens (including phenoxy) is 1. The van der Waals surface area contributed by atoms with E-state index in [1.165, 1.54) is 12.1 Å². The van der Waals surface area contributed by atoms with Crippen molar-refractivity contribution in [2.24, 2.45) is 0 Å². The topological polar surface area (TPSA) is 42.4 Å². The lowest BCUT2D eigenvalue weighted by atomic mass is 10.2. The second-order valence-electron chi connectivity index (χ2n) is 4.37. The predicted molar refractivity (Wildman–Crippen MR) is 78.4 cm³/mol. The molecule has 0 aliphatic heterocycles. The molecule has 1 N–H and O–H groups in total. The van der Waals surface area contributed by atoms with Crippen molar-refractivity contribution in [2.45, 2.75) is 12.8 Å². The van der Waals surface area contributed by atoms with Crippen molar-refractivity contribution in [2.75, 3.05) is 13.2 Å². The number of halogens is 1. The SMILES string of the molecule is OCCC#Cc1ccc(F)cc1OCCc1ccncc1. The number of aliphatic hydroxyl groups excluding tert-OH is 1. The van der Waals surface area contributed by atoms with Gasteiger partial charge in [-0.05, 0) is 29.8 Å². The third-order valence-corrected chi connectivity index (χ3v) is 2.80. The lowest BCUT2D eigenvalue weighted by Crippen LogP contribution is -2.03.